The van der Waals surface area contributed by atoms with Gasteiger partial charge in [-0.3, -0.25) is 19.3 Å². The van der Waals surface area contributed by atoms with Gasteiger partial charge in [-0.15, -0.1) is 0 Å². The standard InChI is InChI=1S/C29H22BrCl2F3N2O6S/c1-3-42-23-9-16(18(30)12-24(23)43-14-15-4-6-19(31)20(32)8-15)10-25-27(39)37(28(40)44-25)13-26(38)36-21-11-17(29(33,34)35)5-7-22(21)41-2/h4-12H,3,13-14H2,1-2H3,(H,36,38)/b25-10-. The van der Waals surface area contributed by atoms with Gasteiger partial charge in [-0.2, -0.15) is 13.2 Å². The Kier molecular flexibility index (Phi) is 10.8. The number of rotatable bonds is 10. The highest BCUT2D eigenvalue weighted by molar-refractivity contribution is 9.10. The molecule has 0 saturated carbocycles. The Bertz CT molecular complexity index is 1650. The molecule has 1 aliphatic rings. The number of anilines is 1. The Morgan fingerprint density at radius 2 is 1.75 bits per heavy atom. The molecule has 1 aliphatic heterocycles. The van der Waals surface area contributed by atoms with Gasteiger partial charge < -0.3 is 19.5 Å². The molecular formula is C29H22BrCl2F3N2O6S. The lowest BCUT2D eigenvalue weighted by Crippen LogP contribution is -2.36. The van der Waals surface area contributed by atoms with E-state index < -0.39 is 35.3 Å². The predicted molar refractivity (Wildman–Crippen MR) is 165 cm³/mol. The molecule has 232 valence electrons. The third-order valence-electron chi connectivity index (χ3n) is 6.00. The van der Waals surface area contributed by atoms with E-state index in [0.717, 1.165) is 17.7 Å². The number of thioether (sulfide) groups is 1. The van der Waals surface area contributed by atoms with Crippen LogP contribution in [0.25, 0.3) is 6.08 Å². The Morgan fingerprint density at radius 1 is 1.02 bits per heavy atom. The number of amides is 3. The largest absolute Gasteiger partial charge is 0.495 e. The summed E-state index contributed by atoms with van der Waals surface area (Å²) in [7, 11) is 1.23. The highest BCUT2D eigenvalue weighted by Crippen LogP contribution is 2.39. The first-order valence-electron chi connectivity index (χ1n) is 12.6. The van der Waals surface area contributed by atoms with E-state index in [1.54, 1.807) is 37.3 Å². The van der Waals surface area contributed by atoms with Crippen LogP contribution in [0.4, 0.5) is 23.7 Å². The summed E-state index contributed by atoms with van der Waals surface area (Å²) in [6.45, 7) is 1.53. The zero-order valence-corrected chi connectivity index (χ0v) is 26.8. The van der Waals surface area contributed by atoms with Gasteiger partial charge in [-0.05, 0) is 78.4 Å². The van der Waals surface area contributed by atoms with Gasteiger partial charge in [-0.1, -0.05) is 45.2 Å². The summed E-state index contributed by atoms with van der Waals surface area (Å²) in [6.07, 6.45) is -3.21. The van der Waals surface area contributed by atoms with Crippen molar-refractivity contribution in [3.8, 4) is 17.2 Å². The number of nitrogens with one attached hydrogen (secondary N) is 1. The molecule has 1 N–H and O–H groups in total. The monoisotopic (exact) mass is 732 g/mol. The third-order valence-corrected chi connectivity index (χ3v) is 8.34. The minimum Gasteiger partial charge on any atom is -0.495 e. The van der Waals surface area contributed by atoms with Gasteiger partial charge in [0, 0.05) is 4.47 Å². The quantitative estimate of drug-likeness (QED) is 0.209. The van der Waals surface area contributed by atoms with Crippen LogP contribution >= 0.6 is 50.9 Å². The average Bonchev–Trinajstić information content (AvgIpc) is 3.22. The Labute approximate surface area is 272 Å². The van der Waals surface area contributed by atoms with Crippen molar-refractivity contribution in [2.24, 2.45) is 0 Å². The molecule has 0 atom stereocenters. The summed E-state index contributed by atoms with van der Waals surface area (Å²) >= 11 is 16.1. The first-order chi connectivity index (χ1) is 20.8. The first-order valence-corrected chi connectivity index (χ1v) is 15.0. The lowest BCUT2D eigenvalue weighted by Gasteiger charge is -2.16. The Hall–Kier alpha value is -3.39. The van der Waals surface area contributed by atoms with Crippen LogP contribution < -0.4 is 19.5 Å². The summed E-state index contributed by atoms with van der Waals surface area (Å²) in [5, 5.41) is 2.36. The number of carbonyl (C=O) groups is 3. The van der Waals surface area contributed by atoms with Crippen LogP contribution in [0.3, 0.4) is 0 Å². The van der Waals surface area contributed by atoms with Crippen molar-refractivity contribution in [1.82, 2.24) is 4.90 Å². The zero-order chi connectivity index (χ0) is 32.2. The first kappa shape index (κ1) is 33.5. The summed E-state index contributed by atoms with van der Waals surface area (Å²) in [6, 6.07) is 10.9. The van der Waals surface area contributed by atoms with E-state index in [1.807, 2.05) is 0 Å². The summed E-state index contributed by atoms with van der Waals surface area (Å²) in [5.41, 5.74) is -0.0144. The maximum Gasteiger partial charge on any atom is 0.416 e. The molecule has 0 bridgehead atoms. The molecule has 3 aromatic rings. The minimum absolute atomic E-state index is 0.0204. The van der Waals surface area contributed by atoms with Crippen molar-refractivity contribution < 1.29 is 41.8 Å². The van der Waals surface area contributed by atoms with Crippen LogP contribution in [-0.4, -0.2) is 42.2 Å². The van der Waals surface area contributed by atoms with Gasteiger partial charge in [0.15, 0.2) is 11.5 Å². The number of alkyl halides is 3. The lowest BCUT2D eigenvalue weighted by molar-refractivity contribution is -0.137. The molecule has 15 heteroatoms. The highest BCUT2D eigenvalue weighted by Gasteiger charge is 2.37. The number of hydrogen-bond acceptors (Lipinski definition) is 7. The summed E-state index contributed by atoms with van der Waals surface area (Å²) < 4.78 is 56.7. The van der Waals surface area contributed by atoms with Crippen molar-refractivity contribution in [2.75, 3.05) is 25.6 Å². The van der Waals surface area contributed by atoms with Crippen LogP contribution in [0.1, 0.15) is 23.6 Å². The lowest BCUT2D eigenvalue weighted by atomic mass is 10.1. The fourth-order valence-electron chi connectivity index (χ4n) is 3.93. The normalized spacial score (nSPS) is 14.3. The molecule has 1 fully saturated rings. The van der Waals surface area contributed by atoms with Crippen LogP contribution in [0.5, 0.6) is 17.2 Å². The fourth-order valence-corrected chi connectivity index (χ4v) is 5.51. The Morgan fingerprint density at radius 3 is 2.41 bits per heavy atom. The molecule has 3 amide bonds. The molecule has 8 nitrogen and oxygen atoms in total. The molecule has 44 heavy (non-hydrogen) atoms. The van der Waals surface area contributed by atoms with Crippen molar-refractivity contribution in [2.45, 2.75) is 19.7 Å². The number of ether oxygens (including phenoxy) is 3. The zero-order valence-electron chi connectivity index (χ0n) is 22.9. The number of nitrogens with zero attached hydrogens (tertiary/aromatic N) is 1. The molecule has 3 aromatic carbocycles. The number of hydrogen-bond donors (Lipinski definition) is 1. The molecule has 0 aromatic heterocycles. The van der Waals surface area contributed by atoms with Gasteiger partial charge in [0.2, 0.25) is 5.91 Å². The van der Waals surface area contributed by atoms with Crippen molar-refractivity contribution in [3.05, 3.63) is 84.6 Å². The predicted octanol–water partition coefficient (Wildman–Crippen LogP) is 8.44. The molecule has 0 radical (unpaired) electrons. The Balaban J connectivity index is 1.50. The molecule has 4 rings (SSSR count). The number of imide groups is 1. The van der Waals surface area contributed by atoms with Gasteiger partial charge in [0.1, 0.15) is 18.9 Å². The molecule has 0 unspecified atom stereocenters. The molecule has 0 aliphatic carbocycles. The van der Waals surface area contributed by atoms with Crippen molar-refractivity contribution in [1.29, 1.82) is 0 Å². The topological polar surface area (TPSA) is 94.2 Å². The number of benzene rings is 3. The van der Waals surface area contributed by atoms with Crippen LogP contribution in [0, 0.1) is 0 Å². The van der Waals surface area contributed by atoms with E-state index in [1.165, 1.54) is 13.2 Å². The number of halogens is 6. The van der Waals surface area contributed by atoms with E-state index >= 15 is 0 Å². The van der Waals surface area contributed by atoms with Gasteiger partial charge in [-0.25, -0.2) is 0 Å². The van der Waals surface area contributed by atoms with E-state index in [-0.39, 0.29) is 22.9 Å². The number of methoxy groups -OCH3 is 1. The fraction of sp³-hybridized carbons (Fsp3) is 0.207. The van der Waals surface area contributed by atoms with Crippen LogP contribution in [-0.2, 0) is 22.4 Å². The summed E-state index contributed by atoms with van der Waals surface area (Å²) in [4.78, 5) is 39.1. The third kappa shape index (κ3) is 8.00. The maximum atomic E-state index is 13.2. The van der Waals surface area contributed by atoms with Gasteiger partial charge in [0.25, 0.3) is 11.1 Å². The highest BCUT2D eigenvalue weighted by atomic mass is 79.9. The molecule has 1 saturated heterocycles. The van der Waals surface area contributed by atoms with Crippen molar-refractivity contribution >= 4 is 79.7 Å². The van der Waals surface area contributed by atoms with E-state index in [4.69, 9.17) is 37.4 Å². The van der Waals surface area contributed by atoms with E-state index in [9.17, 15) is 27.6 Å². The van der Waals surface area contributed by atoms with E-state index in [0.29, 0.717) is 60.9 Å². The minimum atomic E-state index is -4.66. The van der Waals surface area contributed by atoms with Gasteiger partial charge >= 0.3 is 6.18 Å². The molecular weight excluding hydrogens is 712 g/mol. The molecule has 1 heterocycles. The van der Waals surface area contributed by atoms with Crippen LogP contribution in [0.15, 0.2) is 57.9 Å². The molecule has 0 spiro atoms. The smallest absolute Gasteiger partial charge is 0.416 e. The van der Waals surface area contributed by atoms with Crippen molar-refractivity contribution in [3.63, 3.8) is 0 Å². The summed E-state index contributed by atoms with van der Waals surface area (Å²) in [5.74, 6) is -0.905. The average molecular weight is 734 g/mol. The SMILES string of the molecule is CCOc1cc(/C=C2\SC(=O)N(CC(=O)Nc3cc(C(F)(F)F)ccc3OC)C2=O)c(Br)cc1OCc1ccc(Cl)c(Cl)c1. The van der Waals surface area contributed by atoms with Crippen LogP contribution in [0.2, 0.25) is 10.0 Å². The second-order valence-electron chi connectivity index (χ2n) is 9.02. The number of carbonyl (C=O) groups excluding carboxylic acids is 3. The van der Waals surface area contributed by atoms with Gasteiger partial charge in [0.05, 0.1) is 39.9 Å². The second kappa shape index (κ2) is 14.1. The van der Waals surface area contributed by atoms with E-state index in [2.05, 4.69) is 21.2 Å². The second-order valence-corrected chi connectivity index (χ2v) is 11.7. The maximum absolute atomic E-state index is 13.2.